The van der Waals surface area contributed by atoms with Crippen LogP contribution in [0.5, 0.6) is 0 Å². The van der Waals surface area contributed by atoms with E-state index in [0.717, 1.165) is 13.1 Å². The quantitative estimate of drug-likeness (QED) is 0.327. The Labute approximate surface area is 195 Å². The molecule has 0 N–H and O–H groups in total. The summed E-state index contributed by atoms with van der Waals surface area (Å²) in [7, 11) is 0. The maximum absolute atomic E-state index is 3.86. The zero-order valence-electron chi connectivity index (χ0n) is 20.8. The molecule has 32 heavy (non-hydrogen) atoms. The van der Waals surface area contributed by atoms with Crippen LogP contribution < -0.4 is 4.90 Å². The highest BCUT2D eigenvalue weighted by Crippen LogP contribution is 2.47. The van der Waals surface area contributed by atoms with E-state index in [4.69, 9.17) is 0 Å². The standard InChI is InChI=1S/C30H39N2/c1-7-9-21-31-25-17-13-11-15-23(25)29(3,4)27(31)19-20-28-30(5,6)24-16-12-14-18-26(24)32(28)22-10-8-2/h11-19H,7-10,21-22H2,1-6H3/q+1. The number of benzene rings is 2. The molecular weight excluding hydrogens is 388 g/mol. The highest BCUT2D eigenvalue weighted by molar-refractivity contribution is 6.03. The molecule has 4 rings (SSSR count). The molecular formula is C30H39N2+. The van der Waals surface area contributed by atoms with Crippen LogP contribution in [0.25, 0.3) is 0 Å². The normalized spacial score (nSPS) is 17.9. The van der Waals surface area contributed by atoms with Crippen molar-refractivity contribution in [1.29, 1.82) is 0 Å². The van der Waals surface area contributed by atoms with E-state index in [1.807, 2.05) is 0 Å². The number of hydrogen-bond donors (Lipinski definition) is 0. The summed E-state index contributed by atoms with van der Waals surface area (Å²) in [5.74, 6) is 0. The number of allylic oxidation sites excluding steroid dienone is 1. The summed E-state index contributed by atoms with van der Waals surface area (Å²) in [6.45, 7) is 16.1. The Morgan fingerprint density at radius 3 is 2.22 bits per heavy atom. The van der Waals surface area contributed by atoms with Gasteiger partial charge in [0.1, 0.15) is 6.54 Å². The van der Waals surface area contributed by atoms with Gasteiger partial charge in [-0.3, -0.25) is 0 Å². The lowest BCUT2D eigenvalue weighted by atomic mass is 9.81. The summed E-state index contributed by atoms with van der Waals surface area (Å²) in [5.41, 5.74) is 12.0. The third-order valence-electron chi connectivity index (χ3n) is 7.35. The van der Waals surface area contributed by atoms with Gasteiger partial charge in [0.05, 0.1) is 17.2 Å². The largest absolute Gasteiger partial charge is 0.338 e. The van der Waals surface area contributed by atoms with Gasteiger partial charge in [-0.2, -0.15) is 4.58 Å². The van der Waals surface area contributed by atoms with Crippen LogP contribution in [0.2, 0.25) is 0 Å². The fourth-order valence-corrected chi connectivity index (χ4v) is 5.42. The zero-order chi connectivity index (χ0) is 22.9. The van der Waals surface area contributed by atoms with Crippen LogP contribution >= 0.6 is 0 Å². The molecule has 0 saturated heterocycles. The van der Waals surface area contributed by atoms with Gasteiger partial charge >= 0.3 is 0 Å². The predicted octanol–water partition coefficient (Wildman–Crippen LogP) is 7.50. The van der Waals surface area contributed by atoms with Crippen molar-refractivity contribution in [3.05, 3.63) is 77.2 Å². The van der Waals surface area contributed by atoms with E-state index in [1.165, 1.54) is 59.6 Å². The van der Waals surface area contributed by atoms with Crippen LogP contribution in [-0.4, -0.2) is 23.4 Å². The van der Waals surface area contributed by atoms with Crippen LogP contribution in [0.1, 0.15) is 78.4 Å². The molecule has 168 valence electrons. The molecule has 2 aromatic carbocycles. The highest BCUT2D eigenvalue weighted by atomic mass is 15.2. The Bertz CT molecular complexity index is 1090. The van der Waals surface area contributed by atoms with Crippen molar-refractivity contribution in [2.45, 2.75) is 78.1 Å². The van der Waals surface area contributed by atoms with Gasteiger partial charge in [0.15, 0.2) is 5.71 Å². The predicted molar refractivity (Wildman–Crippen MR) is 137 cm³/mol. The fourth-order valence-electron chi connectivity index (χ4n) is 5.42. The van der Waals surface area contributed by atoms with Gasteiger partial charge in [-0.15, -0.1) is 0 Å². The lowest BCUT2D eigenvalue weighted by molar-refractivity contribution is -0.438. The third kappa shape index (κ3) is 3.65. The van der Waals surface area contributed by atoms with Gasteiger partial charge in [0.25, 0.3) is 0 Å². The lowest BCUT2D eigenvalue weighted by Crippen LogP contribution is -2.29. The maximum Gasteiger partial charge on any atom is 0.209 e. The molecule has 2 heteroatoms. The Kier molecular flexibility index (Phi) is 6.19. The number of fused-ring (bicyclic) bond motifs is 2. The van der Waals surface area contributed by atoms with E-state index in [2.05, 4.69) is 111 Å². The summed E-state index contributed by atoms with van der Waals surface area (Å²) in [6, 6.07) is 17.8. The second-order valence-electron chi connectivity index (χ2n) is 10.3. The van der Waals surface area contributed by atoms with Crippen molar-refractivity contribution in [3.8, 4) is 0 Å². The van der Waals surface area contributed by atoms with Crippen LogP contribution in [0.3, 0.4) is 0 Å². The summed E-state index contributed by atoms with van der Waals surface area (Å²) >= 11 is 0. The van der Waals surface area contributed by atoms with Crippen molar-refractivity contribution in [2.75, 3.05) is 18.0 Å². The monoisotopic (exact) mass is 427 g/mol. The van der Waals surface area contributed by atoms with E-state index in [-0.39, 0.29) is 10.8 Å². The first-order chi connectivity index (χ1) is 15.3. The molecule has 0 bridgehead atoms. The van der Waals surface area contributed by atoms with Crippen molar-refractivity contribution >= 4 is 17.1 Å². The molecule has 0 radical (unpaired) electrons. The average Bonchev–Trinajstić information content (AvgIpc) is 3.13. The molecule has 0 spiro atoms. The first-order valence-electron chi connectivity index (χ1n) is 12.4. The number of rotatable bonds is 7. The molecule has 0 aliphatic carbocycles. The van der Waals surface area contributed by atoms with Crippen molar-refractivity contribution < 1.29 is 4.58 Å². The minimum atomic E-state index is -0.0504. The van der Waals surface area contributed by atoms with E-state index in [1.54, 1.807) is 0 Å². The molecule has 0 fully saturated rings. The van der Waals surface area contributed by atoms with Crippen molar-refractivity contribution in [2.24, 2.45) is 0 Å². The molecule has 2 heterocycles. The molecule has 0 amide bonds. The van der Waals surface area contributed by atoms with Gasteiger partial charge in [0, 0.05) is 35.7 Å². The molecule has 2 nitrogen and oxygen atoms in total. The molecule has 0 saturated carbocycles. The Morgan fingerprint density at radius 2 is 1.50 bits per heavy atom. The second-order valence-corrected chi connectivity index (χ2v) is 10.3. The number of nitrogens with zero attached hydrogens (tertiary/aromatic N) is 2. The fraction of sp³-hybridized carbons (Fsp3) is 0.467. The Morgan fingerprint density at radius 1 is 0.844 bits per heavy atom. The number of unbranched alkanes of at least 4 members (excludes halogenated alkanes) is 2. The molecule has 0 unspecified atom stereocenters. The van der Waals surface area contributed by atoms with Crippen molar-refractivity contribution in [1.82, 2.24) is 0 Å². The summed E-state index contributed by atoms with van der Waals surface area (Å²) in [6.07, 6.45) is 7.08. The van der Waals surface area contributed by atoms with Gasteiger partial charge in [-0.05, 0) is 45.7 Å². The highest BCUT2D eigenvalue weighted by Gasteiger charge is 2.44. The van der Waals surface area contributed by atoms with Crippen LogP contribution in [-0.2, 0) is 10.8 Å². The molecule has 0 atom stereocenters. The Hall–Kier alpha value is -2.57. The summed E-state index contributed by atoms with van der Waals surface area (Å²) in [4.78, 5) is 2.52. The first-order valence-corrected chi connectivity index (χ1v) is 12.4. The SMILES string of the molecule is CCCCN1C(=C=CC2=[N+](CCCC)c3ccccc3C2(C)C)C(C)(C)c2ccccc21. The van der Waals surface area contributed by atoms with Crippen LogP contribution in [0, 0.1) is 0 Å². The number of anilines is 1. The average molecular weight is 428 g/mol. The van der Waals surface area contributed by atoms with Crippen LogP contribution in [0.15, 0.2) is 66.0 Å². The van der Waals surface area contributed by atoms with Crippen LogP contribution in [0.4, 0.5) is 11.4 Å². The van der Waals surface area contributed by atoms with Gasteiger partial charge < -0.3 is 4.90 Å². The third-order valence-corrected chi connectivity index (χ3v) is 7.35. The number of para-hydroxylation sites is 2. The van der Waals surface area contributed by atoms with E-state index in [0.29, 0.717) is 0 Å². The maximum atomic E-state index is 3.86. The smallest absolute Gasteiger partial charge is 0.209 e. The van der Waals surface area contributed by atoms with E-state index < -0.39 is 0 Å². The minimum absolute atomic E-state index is 0.0260. The zero-order valence-corrected chi connectivity index (χ0v) is 20.8. The molecule has 2 aromatic rings. The Balaban J connectivity index is 1.87. The second kappa shape index (κ2) is 8.75. The molecule has 2 aliphatic rings. The van der Waals surface area contributed by atoms with Gasteiger partial charge in [-0.25, -0.2) is 0 Å². The van der Waals surface area contributed by atoms with Gasteiger partial charge in [0.2, 0.25) is 5.69 Å². The summed E-state index contributed by atoms with van der Waals surface area (Å²) < 4.78 is 2.54. The van der Waals surface area contributed by atoms with E-state index in [9.17, 15) is 0 Å². The summed E-state index contributed by atoms with van der Waals surface area (Å²) in [5, 5.41) is 0. The molecule has 2 aliphatic heterocycles. The first kappa shape index (κ1) is 22.6. The molecule has 0 aromatic heterocycles. The topological polar surface area (TPSA) is 6.25 Å². The van der Waals surface area contributed by atoms with Crippen molar-refractivity contribution in [3.63, 3.8) is 0 Å². The van der Waals surface area contributed by atoms with Gasteiger partial charge in [-0.1, -0.05) is 68.8 Å². The van der Waals surface area contributed by atoms with E-state index >= 15 is 0 Å². The number of hydrogen-bond acceptors (Lipinski definition) is 1. The minimum Gasteiger partial charge on any atom is -0.338 e. The lowest BCUT2D eigenvalue weighted by Gasteiger charge is -2.25.